The zero-order valence-electron chi connectivity index (χ0n) is 9.94. The number of hydrogen-bond donors (Lipinski definition) is 1. The molecule has 1 aromatic carbocycles. The van der Waals surface area contributed by atoms with Crippen LogP contribution >= 0.6 is 11.6 Å². The van der Waals surface area contributed by atoms with E-state index in [9.17, 15) is 8.78 Å². The molecule has 0 radical (unpaired) electrons. The average molecular weight is 288 g/mol. The largest absolute Gasteiger partial charge is 0.374 e. The van der Waals surface area contributed by atoms with Gasteiger partial charge in [0.25, 0.3) is 6.43 Å². The molecule has 0 aliphatic heterocycles. The van der Waals surface area contributed by atoms with Crippen LogP contribution in [0, 0.1) is 0 Å². The molecule has 0 spiro atoms. The number of fused-ring (bicyclic) bond motifs is 1. The molecule has 0 saturated carbocycles. The number of aromatic nitrogens is 2. The number of nitrogens with one attached hydrogen (secondary N) is 1. The lowest BCUT2D eigenvalue weighted by Crippen LogP contribution is -2.14. The summed E-state index contributed by atoms with van der Waals surface area (Å²) in [5.74, 6) is 0.566. The van der Waals surface area contributed by atoms with Crippen molar-refractivity contribution in [1.82, 2.24) is 9.97 Å². The number of anilines is 1. The number of rotatable bonds is 6. The summed E-state index contributed by atoms with van der Waals surface area (Å²) in [6, 6.07) is 7.38. The standard InChI is InChI=1S/C12H12ClF2N3O/c13-12-17-9-4-2-1-3-8(9)11(18-12)16-5-6-19-7-10(14)15/h1-4,10H,5-7H2,(H,16,17,18). The van der Waals surface area contributed by atoms with E-state index >= 15 is 0 Å². The van der Waals surface area contributed by atoms with Crippen LogP contribution in [0.4, 0.5) is 14.6 Å². The normalized spacial score (nSPS) is 11.2. The van der Waals surface area contributed by atoms with Crippen molar-refractivity contribution in [3.8, 4) is 0 Å². The highest BCUT2D eigenvalue weighted by atomic mass is 35.5. The van der Waals surface area contributed by atoms with Crippen molar-refractivity contribution in [3.05, 3.63) is 29.5 Å². The molecule has 1 N–H and O–H groups in total. The van der Waals surface area contributed by atoms with Crippen molar-refractivity contribution >= 4 is 28.3 Å². The summed E-state index contributed by atoms with van der Waals surface area (Å²) in [4.78, 5) is 8.16. The Kier molecular flexibility index (Phi) is 4.81. The second-order valence-electron chi connectivity index (χ2n) is 3.75. The van der Waals surface area contributed by atoms with E-state index in [4.69, 9.17) is 16.3 Å². The molecule has 0 saturated heterocycles. The van der Waals surface area contributed by atoms with Gasteiger partial charge in [-0.05, 0) is 23.7 Å². The van der Waals surface area contributed by atoms with E-state index in [1.54, 1.807) is 0 Å². The monoisotopic (exact) mass is 287 g/mol. The molecule has 1 aromatic heterocycles. The van der Waals surface area contributed by atoms with E-state index in [0.717, 1.165) is 10.9 Å². The summed E-state index contributed by atoms with van der Waals surface area (Å²) in [5, 5.41) is 3.95. The number of benzene rings is 1. The number of para-hydroxylation sites is 1. The molecule has 2 rings (SSSR count). The second kappa shape index (κ2) is 6.58. The SMILES string of the molecule is FC(F)COCCNc1nc(Cl)nc2ccccc12. The molecule has 2 aromatic rings. The number of nitrogens with zero attached hydrogens (tertiary/aromatic N) is 2. The van der Waals surface area contributed by atoms with Crippen molar-refractivity contribution in [2.24, 2.45) is 0 Å². The molecule has 102 valence electrons. The van der Waals surface area contributed by atoms with Crippen LogP contribution in [-0.4, -0.2) is 36.2 Å². The molecular formula is C12H12ClF2N3O. The average Bonchev–Trinajstić information content (AvgIpc) is 2.37. The van der Waals surface area contributed by atoms with Gasteiger partial charge < -0.3 is 10.1 Å². The number of halogens is 3. The van der Waals surface area contributed by atoms with E-state index in [2.05, 4.69) is 15.3 Å². The predicted octanol–water partition coefficient (Wildman–Crippen LogP) is 2.98. The minimum absolute atomic E-state index is 0.134. The Morgan fingerprint density at radius 3 is 2.84 bits per heavy atom. The lowest BCUT2D eigenvalue weighted by Gasteiger charge is -2.09. The van der Waals surface area contributed by atoms with Gasteiger partial charge in [0.15, 0.2) is 0 Å². The van der Waals surface area contributed by atoms with E-state index in [1.165, 1.54) is 0 Å². The zero-order chi connectivity index (χ0) is 13.7. The molecule has 0 fully saturated rings. The summed E-state index contributed by atoms with van der Waals surface area (Å²) in [6.07, 6.45) is -2.45. The Morgan fingerprint density at radius 1 is 1.26 bits per heavy atom. The molecule has 0 amide bonds. The summed E-state index contributed by atoms with van der Waals surface area (Å²) in [7, 11) is 0. The van der Waals surface area contributed by atoms with Crippen LogP contribution in [0.15, 0.2) is 24.3 Å². The fourth-order valence-corrected chi connectivity index (χ4v) is 1.77. The fourth-order valence-electron chi connectivity index (χ4n) is 1.60. The molecule has 1 heterocycles. The third-order valence-corrected chi connectivity index (χ3v) is 2.53. The molecular weight excluding hydrogens is 276 g/mol. The Labute approximate surface area is 113 Å². The van der Waals surface area contributed by atoms with Crippen LogP contribution in [0.1, 0.15) is 0 Å². The van der Waals surface area contributed by atoms with Gasteiger partial charge in [-0.2, -0.15) is 0 Å². The van der Waals surface area contributed by atoms with Gasteiger partial charge >= 0.3 is 0 Å². The maximum Gasteiger partial charge on any atom is 0.261 e. The Morgan fingerprint density at radius 2 is 2.05 bits per heavy atom. The minimum atomic E-state index is -2.45. The van der Waals surface area contributed by atoms with Gasteiger partial charge in [-0.3, -0.25) is 0 Å². The van der Waals surface area contributed by atoms with Crippen molar-refractivity contribution in [2.45, 2.75) is 6.43 Å². The van der Waals surface area contributed by atoms with Crippen LogP contribution in [0.3, 0.4) is 0 Å². The molecule has 19 heavy (non-hydrogen) atoms. The van der Waals surface area contributed by atoms with E-state index in [0.29, 0.717) is 12.4 Å². The predicted molar refractivity (Wildman–Crippen MR) is 69.9 cm³/mol. The van der Waals surface area contributed by atoms with Gasteiger partial charge in [0.05, 0.1) is 12.1 Å². The molecule has 0 aliphatic carbocycles. The molecule has 4 nitrogen and oxygen atoms in total. The van der Waals surface area contributed by atoms with Gasteiger partial charge in [-0.25, -0.2) is 18.7 Å². The van der Waals surface area contributed by atoms with E-state index in [-0.39, 0.29) is 11.9 Å². The fraction of sp³-hybridized carbons (Fsp3) is 0.333. The Bertz CT molecular complexity index is 553. The molecule has 0 unspecified atom stereocenters. The highest BCUT2D eigenvalue weighted by Gasteiger charge is 2.06. The maximum absolute atomic E-state index is 11.9. The molecule has 0 aliphatic rings. The highest BCUT2D eigenvalue weighted by molar-refractivity contribution is 6.28. The maximum atomic E-state index is 11.9. The third-order valence-electron chi connectivity index (χ3n) is 2.36. The van der Waals surface area contributed by atoms with Crippen LogP contribution in [0.25, 0.3) is 10.9 Å². The first-order valence-electron chi connectivity index (χ1n) is 5.69. The molecule has 7 heteroatoms. The van der Waals surface area contributed by atoms with Crippen LogP contribution in [0.5, 0.6) is 0 Å². The smallest absolute Gasteiger partial charge is 0.261 e. The first-order valence-corrected chi connectivity index (χ1v) is 6.06. The molecule has 0 bridgehead atoms. The van der Waals surface area contributed by atoms with E-state index < -0.39 is 13.0 Å². The zero-order valence-corrected chi connectivity index (χ0v) is 10.7. The summed E-state index contributed by atoms with van der Waals surface area (Å²) < 4.78 is 28.5. The van der Waals surface area contributed by atoms with Crippen LogP contribution in [0.2, 0.25) is 5.28 Å². The number of hydrogen-bond acceptors (Lipinski definition) is 4. The first-order chi connectivity index (χ1) is 9.16. The Balaban J connectivity index is 2.00. The first kappa shape index (κ1) is 13.9. The topological polar surface area (TPSA) is 47.0 Å². The Hall–Kier alpha value is -1.53. The van der Waals surface area contributed by atoms with Gasteiger partial charge in [0.1, 0.15) is 12.4 Å². The number of alkyl halides is 2. The van der Waals surface area contributed by atoms with Gasteiger partial charge in [-0.15, -0.1) is 0 Å². The van der Waals surface area contributed by atoms with Crippen molar-refractivity contribution in [3.63, 3.8) is 0 Å². The summed E-state index contributed by atoms with van der Waals surface area (Å²) >= 11 is 5.81. The van der Waals surface area contributed by atoms with Crippen molar-refractivity contribution < 1.29 is 13.5 Å². The third kappa shape index (κ3) is 3.97. The number of ether oxygens (including phenoxy) is 1. The summed E-state index contributed by atoms with van der Waals surface area (Å²) in [5.41, 5.74) is 0.721. The minimum Gasteiger partial charge on any atom is -0.374 e. The lowest BCUT2D eigenvalue weighted by molar-refractivity contribution is 0.0215. The van der Waals surface area contributed by atoms with Gasteiger partial charge in [0, 0.05) is 11.9 Å². The summed E-state index contributed by atoms with van der Waals surface area (Å²) in [6.45, 7) is -0.0305. The van der Waals surface area contributed by atoms with Gasteiger partial charge in [0.2, 0.25) is 5.28 Å². The second-order valence-corrected chi connectivity index (χ2v) is 4.09. The highest BCUT2D eigenvalue weighted by Crippen LogP contribution is 2.21. The quantitative estimate of drug-likeness (QED) is 0.655. The lowest BCUT2D eigenvalue weighted by atomic mass is 10.2. The van der Waals surface area contributed by atoms with Gasteiger partial charge in [-0.1, -0.05) is 12.1 Å². The van der Waals surface area contributed by atoms with E-state index in [1.807, 2.05) is 24.3 Å². The molecule has 0 atom stereocenters. The van der Waals surface area contributed by atoms with Crippen molar-refractivity contribution in [1.29, 1.82) is 0 Å². The van der Waals surface area contributed by atoms with Crippen LogP contribution < -0.4 is 5.32 Å². The van der Waals surface area contributed by atoms with Crippen LogP contribution in [-0.2, 0) is 4.74 Å². The van der Waals surface area contributed by atoms with Crippen molar-refractivity contribution in [2.75, 3.05) is 25.1 Å².